The fourth-order valence-electron chi connectivity index (χ4n) is 3.36. The number of nitrogens with one attached hydrogen (secondary N) is 1. The Kier molecular flexibility index (Phi) is 5.29. The van der Waals surface area contributed by atoms with Crippen molar-refractivity contribution in [1.82, 2.24) is 25.1 Å². The van der Waals surface area contributed by atoms with Crippen molar-refractivity contribution in [3.63, 3.8) is 0 Å². The topological polar surface area (TPSA) is 76.2 Å². The summed E-state index contributed by atoms with van der Waals surface area (Å²) in [6.45, 7) is 2.82. The molecule has 3 aromatic rings. The molecular formula is C20H23N5O2. The van der Waals surface area contributed by atoms with Crippen molar-refractivity contribution in [2.75, 3.05) is 20.2 Å². The number of hydrogen-bond donors (Lipinski definition) is 1. The Morgan fingerprint density at radius 2 is 1.85 bits per heavy atom. The van der Waals surface area contributed by atoms with E-state index in [0.29, 0.717) is 6.01 Å². The summed E-state index contributed by atoms with van der Waals surface area (Å²) in [7, 11) is 1.67. The standard InChI is InChI=1S/C20H23N5O2/c1-26-17-5-3-15(4-6-17)19-16(13-23-24-19)14-25-11-7-18(8-12-25)27-20-21-9-2-10-22-20/h2-6,9-10,13,18H,7-8,11-12,14H2,1H3,(H,23,24). The van der Waals surface area contributed by atoms with Gasteiger partial charge in [-0.2, -0.15) is 5.10 Å². The largest absolute Gasteiger partial charge is 0.497 e. The van der Waals surface area contributed by atoms with Crippen LogP contribution in [0.3, 0.4) is 0 Å². The maximum atomic E-state index is 5.87. The molecule has 1 fully saturated rings. The van der Waals surface area contributed by atoms with Crippen LogP contribution in [0.15, 0.2) is 48.9 Å². The van der Waals surface area contributed by atoms with Crippen LogP contribution in [-0.2, 0) is 6.54 Å². The second-order valence-electron chi connectivity index (χ2n) is 6.62. The van der Waals surface area contributed by atoms with Gasteiger partial charge in [0.05, 0.1) is 19.0 Å². The molecule has 4 rings (SSSR count). The summed E-state index contributed by atoms with van der Waals surface area (Å²) in [5, 5.41) is 7.39. The Morgan fingerprint density at radius 3 is 2.56 bits per heavy atom. The van der Waals surface area contributed by atoms with Crippen LogP contribution in [-0.4, -0.2) is 51.4 Å². The molecule has 0 radical (unpaired) electrons. The van der Waals surface area contributed by atoms with Gasteiger partial charge in [0.15, 0.2) is 0 Å². The molecule has 1 aliphatic heterocycles. The quantitative estimate of drug-likeness (QED) is 0.724. The molecule has 140 valence electrons. The predicted molar refractivity (Wildman–Crippen MR) is 102 cm³/mol. The van der Waals surface area contributed by atoms with Crippen LogP contribution < -0.4 is 9.47 Å². The average molecular weight is 365 g/mol. The predicted octanol–water partition coefficient (Wildman–Crippen LogP) is 2.92. The third-order valence-corrected chi connectivity index (χ3v) is 4.84. The van der Waals surface area contributed by atoms with E-state index in [1.165, 1.54) is 5.56 Å². The molecule has 1 aromatic carbocycles. The summed E-state index contributed by atoms with van der Waals surface area (Å²) in [5.74, 6) is 0.851. The number of ether oxygens (including phenoxy) is 2. The molecule has 1 N–H and O–H groups in total. The molecule has 1 saturated heterocycles. The van der Waals surface area contributed by atoms with Gasteiger partial charge in [-0.1, -0.05) is 0 Å². The Bertz CT molecular complexity index is 842. The van der Waals surface area contributed by atoms with E-state index in [2.05, 4.69) is 37.2 Å². The second kappa shape index (κ2) is 8.18. The van der Waals surface area contributed by atoms with Crippen LogP contribution in [0.2, 0.25) is 0 Å². The Balaban J connectivity index is 1.35. The van der Waals surface area contributed by atoms with Crippen molar-refractivity contribution in [2.24, 2.45) is 0 Å². The fraction of sp³-hybridized carbons (Fsp3) is 0.350. The molecule has 0 atom stereocenters. The fourth-order valence-corrected chi connectivity index (χ4v) is 3.36. The van der Waals surface area contributed by atoms with Crippen molar-refractivity contribution in [3.05, 3.63) is 54.5 Å². The summed E-state index contributed by atoms with van der Waals surface area (Å²) in [6, 6.07) is 10.3. The number of H-pyrrole nitrogens is 1. The first kappa shape index (κ1) is 17.5. The molecule has 0 aliphatic carbocycles. The molecule has 2 aromatic heterocycles. The number of methoxy groups -OCH3 is 1. The molecule has 0 unspecified atom stereocenters. The van der Waals surface area contributed by atoms with Crippen LogP contribution in [0.1, 0.15) is 18.4 Å². The minimum absolute atomic E-state index is 0.175. The number of hydrogen-bond acceptors (Lipinski definition) is 6. The third kappa shape index (κ3) is 4.25. The van der Waals surface area contributed by atoms with Gasteiger partial charge in [0.25, 0.3) is 0 Å². The van der Waals surface area contributed by atoms with Crippen LogP contribution >= 0.6 is 0 Å². The number of piperidine rings is 1. The van der Waals surface area contributed by atoms with Crippen LogP contribution in [0.5, 0.6) is 11.8 Å². The summed E-state index contributed by atoms with van der Waals surface area (Å²) >= 11 is 0. The van der Waals surface area contributed by atoms with Crippen LogP contribution in [0, 0.1) is 0 Å². The maximum absolute atomic E-state index is 5.87. The molecule has 0 spiro atoms. The first-order chi connectivity index (χ1) is 13.3. The molecule has 1 aliphatic rings. The summed E-state index contributed by atoms with van der Waals surface area (Å²) < 4.78 is 11.1. The van der Waals surface area contributed by atoms with Gasteiger partial charge in [0.2, 0.25) is 0 Å². The van der Waals surface area contributed by atoms with E-state index in [1.54, 1.807) is 25.6 Å². The van der Waals surface area contributed by atoms with Crippen molar-refractivity contribution < 1.29 is 9.47 Å². The van der Waals surface area contributed by atoms with Gasteiger partial charge in [0, 0.05) is 43.2 Å². The minimum Gasteiger partial charge on any atom is -0.497 e. The lowest BCUT2D eigenvalue weighted by molar-refractivity contribution is 0.0893. The van der Waals surface area contributed by atoms with Gasteiger partial charge in [-0.25, -0.2) is 9.97 Å². The Hall–Kier alpha value is -2.93. The van der Waals surface area contributed by atoms with Crippen molar-refractivity contribution in [3.8, 4) is 23.0 Å². The first-order valence-electron chi connectivity index (χ1n) is 9.14. The minimum atomic E-state index is 0.175. The van der Waals surface area contributed by atoms with Gasteiger partial charge >= 0.3 is 6.01 Å². The van der Waals surface area contributed by atoms with Crippen molar-refractivity contribution in [1.29, 1.82) is 0 Å². The lowest BCUT2D eigenvalue weighted by Gasteiger charge is -2.31. The lowest BCUT2D eigenvalue weighted by atomic mass is 10.0. The van der Waals surface area contributed by atoms with E-state index in [9.17, 15) is 0 Å². The molecule has 27 heavy (non-hydrogen) atoms. The van der Waals surface area contributed by atoms with Crippen LogP contribution in [0.4, 0.5) is 0 Å². The number of aromatic nitrogens is 4. The highest BCUT2D eigenvalue weighted by Crippen LogP contribution is 2.26. The monoisotopic (exact) mass is 365 g/mol. The number of rotatable bonds is 6. The Labute approximate surface area is 158 Å². The molecule has 7 nitrogen and oxygen atoms in total. The van der Waals surface area contributed by atoms with Gasteiger partial charge < -0.3 is 9.47 Å². The molecule has 3 heterocycles. The number of benzene rings is 1. The van der Waals surface area contributed by atoms with Crippen LogP contribution in [0.25, 0.3) is 11.3 Å². The summed E-state index contributed by atoms with van der Waals surface area (Å²) in [5.41, 5.74) is 3.38. The smallest absolute Gasteiger partial charge is 0.316 e. The SMILES string of the molecule is COc1ccc(-c2[nH]ncc2CN2CCC(Oc3ncccn3)CC2)cc1. The first-order valence-corrected chi connectivity index (χ1v) is 9.14. The highest BCUT2D eigenvalue weighted by Gasteiger charge is 2.22. The molecule has 0 saturated carbocycles. The van der Waals surface area contributed by atoms with E-state index in [1.807, 2.05) is 18.3 Å². The molecule has 7 heteroatoms. The number of nitrogens with zero attached hydrogens (tertiary/aromatic N) is 4. The maximum Gasteiger partial charge on any atom is 0.316 e. The zero-order chi connectivity index (χ0) is 18.5. The van der Waals surface area contributed by atoms with E-state index in [4.69, 9.17) is 9.47 Å². The normalized spacial score (nSPS) is 15.6. The number of aromatic amines is 1. The number of likely N-dealkylation sites (tertiary alicyclic amines) is 1. The van der Waals surface area contributed by atoms with Crippen molar-refractivity contribution >= 4 is 0 Å². The van der Waals surface area contributed by atoms with Gasteiger partial charge in [-0.05, 0) is 43.2 Å². The van der Waals surface area contributed by atoms with E-state index >= 15 is 0 Å². The zero-order valence-corrected chi connectivity index (χ0v) is 15.3. The van der Waals surface area contributed by atoms with Gasteiger partial charge in [-0.3, -0.25) is 10.00 Å². The van der Waals surface area contributed by atoms with Gasteiger partial charge in [-0.15, -0.1) is 0 Å². The van der Waals surface area contributed by atoms with E-state index in [0.717, 1.165) is 49.5 Å². The lowest BCUT2D eigenvalue weighted by Crippen LogP contribution is -2.38. The van der Waals surface area contributed by atoms with E-state index < -0.39 is 0 Å². The average Bonchev–Trinajstić information content (AvgIpc) is 3.18. The highest BCUT2D eigenvalue weighted by molar-refractivity contribution is 5.63. The molecule has 0 amide bonds. The van der Waals surface area contributed by atoms with Crippen molar-refractivity contribution in [2.45, 2.75) is 25.5 Å². The molecular weight excluding hydrogens is 342 g/mol. The summed E-state index contributed by atoms with van der Waals surface area (Å²) in [6.07, 6.45) is 7.44. The zero-order valence-electron chi connectivity index (χ0n) is 15.3. The second-order valence-corrected chi connectivity index (χ2v) is 6.62. The highest BCUT2D eigenvalue weighted by atomic mass is 16.5. The van der Waals surface area contributed by atoms with E-state index in [-0.39, 0.29) is 6.10 Å². The molecule has 0 bridgehead atoms. The summed E-state index contributed by atoms with van der Waals surface area (Å²) in [4.78, 5) is 10.7. The Morgan fingerprint density at radius 1 is 1.11 bits per heavy atom. The third-order valence-electron chi connectivity index (χ3n) is 4.84. The van der Waals surface area contributed by atoms with Gasteiger partial charge in [0.1, 0.15) is 11.9 Å².